The Bertz CT molecular complexity index is 894. The molecule has 2 unspecified atom stereocenters. The Labute approximate surface area is 170 Å². The highest BCUT2D eigenvalue weighted by molar-refractivity contribution is 5.94. The zero-order valence-corrected chi connectivity index (χ0v) is 16.7. The first-order valence-corrected chi connectivity index (χ1v) is 10.1. The van der Waals surface area contributed by atoms with Crippen LogP contribution in [0.25, 0.3) is 0 Å². The van der Waals surface area contributed by atoms with Crippen molar-refractivity contribution >= 4 is 17.6 Å². The number of nitrogens with zero attached hydrogens (tertiary/aromatic N) is 1. The molecule has 0 aromatic heterocycles. The van der Waals surface area contributed by atoms with E-state index in [0.717, 1.165) is 42.5 Å². The summed E-state index contributed by atoms with van der Waals surface area (Å²) in [6, 6.07) is 11.8. The summed E-state index contributed by atoms with van der Waals surface area (Å²) in [6.07, 6.45) is 3.38. The molecule has 2 heterocycles. The number of nitrogens with one attached hydrogen (secondary N) is 2. The Morgan fingerprint density at radius 3 is 2.14 bits per heavy atom. The number of urea groups is 1. The van der Waals surface area contributed by atoms with Crippen molar-refractivity contribution in [1.29, 1.82) is 0 Å². The summed E-state index contributed by atoms with van der Waals surface area (Å²) in [5, 5.41) is 6.10. The number of piperidine rings is 1. The van der Waals surface area contributed by atoms with Gasteiger partial charge in [0.1, 0.15) is 5.82 Å². The fraction of sp³-hybridized carbons (Fsp3) is 0.391. The molecule has 0 saturated carbocycles. The maximum absolute atomic E-state index is 13.1. The second kappa shape index (κ2) is 7.85. The van der Waals surface area contributed by atoms with E-state index >= 15 is 0 Å². The van der Waals surface area contributed by atoms with Crippen molar-refractivity contribution in [2.45, 2.75) is 57.7 Å². The van der Waals surface area contributed by atoms with Crippen molar-refractivity contribution in [3.05, 3.63) is 65.0 Å². The molecule has 5 nitrogen and oxygen atoms in total. The summed E-state index contributed by atoms with van der Waals surface area (Å²) in [4.78, 5) is 27.3. The zero-order chi connectivity index (χ0) is 20.5. The SMILES string of the molecule is Cc1cc(C)cc(NC(=O)N2C3CCC2CC(NC(=O)c2ccc(F)cc2)C3)c1. The molecule has 2 fully saturated rings. The largest absolute Gasteiger partial charge is 0.349 e. The van der Waals surface area contributed by atoms with Crippen LogP contribution in [0.1, 0.15) is 47.2 Å². The predicted octanol–water partition coefficient (Wildman–Crippen LogP) is 4.40. The van der Waals surface area contributed by atoms with Gasteiger partial charge in [0.05, 0.1) is 0 Å². The van der Waals surface area contributed by atoms with Crippen molar-refractivity contribution in [2.75, 3.05) is 5.32 Å². The molecular weight excluding hydrogens is 369 g/mol. The summed E-state index contributed by atoms with van der Waals surface area (Å²) < 4.78 is 13.1. The molecule has 2 atom stereocenters. The van der Waals surface area contributed by atoms with Gasteiger partial charge in [0.15, 0.2) is 0 Å². The number of fused-ring (bicyclic) bond motifs is 2. The minimum atomic E-state index is -0.359. The summed E-state index contributed by atoms with van der Waals surface area (Å²) in [5.74, 6) is -0.551. The minimum Gasteiger partial charge on any atom is -0.349 e. The van der Waals surface area contributed by atoms with Gasteiger partial charge in [0.25, 0.3) is 5.91 Å². The molecule has 2 aliphatic rings. The standard InChI is InChI=1S/C23H26FN3O2/c1-14-9-15(2)11-18(10-14)26-23(29)27-20-7-8-21(27)13-19(12-20)25-22(28)16-3-5-17(24)6-4-16/h3-6,9-11,19-21H,7-8,12-13H2,1-2H3,(H,25,28)(H,26,29). The number of aryl methyl sites for hydroxylation is 2. The summed E-state index contributed by atoms with van der Waals surface area (Å²) >= 11 is 0. The first-order chi connectivity index (χ1) is 13.9. The summed E-state index contributed by atoms with van der Waals surface area (Å²) in [5.41, 5.74) is 3.50. The lowest BCUT2D eigenvalue weighted by Gasteiger charge is -2.39. The summed E-state index contributed by atoms with van der Waals surface area (Å²) in [7, 11) is 0. The number of hydrogen-bond donors (Lipinski definition) is 2. The van der Waals surface area contributed by atoms with Crippen molar-refractivity contribution in [1.82, 2.24) is 10.2 Å². The monoisotopic (exact) mass is 395 g/mol. The molecule has 4 rings (SSSR count). The molecular formula is C23H26FN3O2. The van der Waals surface area contributed by atoms with Crippen molar-refractivity contribution in [2.24, 2.45) is 0 Å². The van der Waals surface area contributed by atoms with Crippen LogP contribution in [0.4, 0.5) is 14.9 Å². The molecule has 6 heteroatoms. The second-order valence-electron chi connectivity index (χ2n) is 8.25. The van der Waals surface area contributed by atoms with E-state index in [1.807, 2.05) is 30.9 Å². The predicted molar refractivity (Wildman–Crippen MR) is 110 cm³/mol. The fourth-order valence-corrected chi connectivity index (χ4v) is 4.73. The summed E-state index contributed by atoms with van der Waals surface area (Å²) in [6.45, 7) is 4.03. The van der Waals surface area contributed by atoms with Gasteiger partial charge in [0, 0.05) is 29.4 Å². The zero-order valence-electron chi connectivity index (χ0n) is 16.7. The lowest BCUT2D eigenvalue weighted by molar-refractivity contribution is 0.0891. The van der Waals surface area contributed by atoms with Gasteiger partial charge >= 0.3 is 6.03 Å². The number of hydrogen-bond acceptors (Lipinski definition) is 2. The third-order valence-electron chi connectivity index (χ3n) is 5.88. The van der Waals surface area contributed by atoms with Gasteiger partial charge < -0.3 is 15.5 Å². The van der Waals surface area contributed by atoms with E-state index in [9.17, 15) is 14.0 Å². The molecule has 0 radical (unpaired) electrons. The van der Waals surface area contributed by atoms with Gasteiger partial charge in [0.2, 0.25) is 0 Å². The lowest BCUT2D eigenvalue weighted by atomic mass is 9.97. The maximum Gasteiger partial charge on any atom is 0.322 e. The van der Waals surface area contributed by atoms with Crippen LogP contribution in [0, 0.1) is 19.7 Å². The Balaban J connectivity index is 1.39. The van der Waals surface area contributed by atoms with Gasteiger partial charge in [-0.05, 0) is 87.1 Å². The molecule has 29 heavy (non-hydrogen) atoms. The smallest absolute Gasteiger partial charge is 0.322 e. The third kappa shape index (κ3) is 4.26. The van der Waals surface area contributed by atoms with Crippen LogP contribution >= 0.6 is 0 Å². The van der Waals surface area contributed by atoms with Gasteiger partial charge in [-0.1, -0.05) is 6.07 Å². The Kier molecular flexibility index (Phi) is 5.26. The highest BCUT2D eigenvalue weighted by atomic mass is 19.1. The van der Waals surface area contributed by atoms with Crippen LogP contribution in [0.5, 0.6) is 0 Å². The van der Waals surface area contributed by atoms with Crippen molar-refractivity contribution in [3.8, 4) is 0 Å². The van der Waals surface area contributed by atoms with Crippen LogP contribution < -0.4 is 10.6 Å². The maximum atomic E-state index is 13.1. The number of benzene rings is 2. The van der Waals surface area contributed by atoms with E-state index in [-0.39, 0.29) is 35.9 Å². The van der Waals surface area contributed by atoms with E-state index in [1.54, 1.807) is 0 Å². The van der Waals surface area contributed by atoms with Crippen molar-refractivity contribution < 1.29 is 14.0 Å². The average molecular weight is 395 g/mol. The van der Waals surface area contributed by atoms with E-state index < -0.39 is 0 Å². The number of carbonyl (C=O) groups is 2. The highest BCUT2D eigenvalue weighted by Crippen LogP contribution is 2.36. The number of amides is 3. The topological polar surface area (TPSA) is 61.4 Å². The number of carbonyl (C=O) groups excluding carboxylic acids is 2. The Morgan fingerprint density at radius 2 is 1.55 bits per heavy atom. The first kappa shape index (κ1) is 19.4. The quantitative estimate of drug-likeness (QED) is 0.809. The second-order valence-corrected chi connectivity index (χ2v) is 8.25. The molecule has 3 amide bonds. The minimum absolute atomic E-state index is 0.0234. The molecule has 2 aromatic rings. The van der Waals surface area contributed by atoms with Crippen LogP contribution in [-0.2, 0) is 0 Å². The van der Waals surface area contributed by atoms with Gasteiger partial charge in [-0.2, -0.15) is 0 Å². The van der Waals surface area contributed by atoms with Crippen LogP contribution in [0.2, 0.25) is 0 Å². The number of anilines is 1. The van der Waals surface area contributed by atoms with E-state index in [2.05, 4.69) is 16.7 Å². The average Bonchev–Trinajstić information content (AvgIpc) is 2.92. The van der Waals surface area contributed by atoms with Crippen LogP contribution in [0.3, 0.4) is 0 Å². The van der Waals surface area contributed by atoms with Crippen LogP contribution in [0.15, 0.2) is 42.5 Å². The van der Waals surface area contributed by atoms with E-state index in [1.165, 1.54) is 24.3 Å². The molecule has 152 valence electrons. The molecule has 2 N–H and O–H groups in total. The number of rotatable bonds is 3. The highest BCUT2D eigenvalue weighted by Gasteiger charge is 2.43. The Morgan fingerprint density at radius 1 is 0.966 bits per heavy atom. The van der Waals surface area contributed by atoms with Crippen molar-refractivity contribution in [3.63, 3.8) is 0 Å². The lowest BCUT2D eigenvalue weighted by Crippen LogP contribution is -2.53. The molecule has 2 saturated heterocycles. The van der Waals surface area contributed by atoms with Gasteiger partial charge in [-0.3, -0.25) is 4.79 Å². The third-order valence-corrected chi connectivity index (χ3v) is 5.88. The van der Waals surface area contributed by atoms with Gasteiger partial charge in [-0.15, -0.1) is 0 Å². The fourth-order valence-electron chi connectivity index (χ4n) is 4.73. The molecule has 2 aliphatic heterocycles. The van der Waals surface area contributed by atoms with E-state index in [0.29, 0.717) is 5.56 Å². The van der Waals surface area contributed by atoms with Gasteiger partial charge in [-0.25, -0.2) is 9.18 Å². The van der Waals surface area contributed by atoms with Crippen LogP contribution in [-0.4, -0.2) is 35.0 Å². The molecule has 2 bridgehead atoms. The molecule has 0 spiro atoms. The molecule has 0 aliphatic carbocycles. The normalized spacial score (nSPS) is 23.0. The number of halogens is 1. The first-order valence-electron chi connectivity index (χ1n) is 10.1. The Hall–Kier alpha value is -2.89. The molecule has 2 aromatic carbocycles. The van der Waals surface area contributed by atoms with E-state index in [4.69, 9.17) is 0 Å².